The number of carboxylic acid groups (broad SMARTS) is 1. The average Bonchev–Trinajstić information content (AvgIpc) is 2.38. The summed E-state index contributed by atoms with van der Waals surface area (Å²) >= 11 is 3.32. The second kappa shape index (κ2) is 3.66. The summed E-state index contributed by atoms with van der Waals surface area (Å²) in [7, 11) is 0. The quantitative estimate of drug-likeness (QED) is 0.908. The summed E-state index contributed by atoms with van der Waals surface area (Å²) in [5, 5.41) is 8.75. The Bertz CT molecular complexity index is 454. The standard InChI is InChI=1S/C11H11BrO4/c1-11(2)15-8-3-6(4-10(13)14)7(12)5-9(8)16-11/h3,5H,4H2,1-2H3,(H,13,14). The number of benzene rings is 1. The van der Waals surface area contributed by atoms with Crippen LogP contribution in [-0.4, -0.2) is 16.9 Å². The second-order valence-electron chi connectivity index (χ2n) is 4.06. The van der Waals surface area contributed by atoms with Crippen molar-refractivity contribution in [3.05, 3.63) is 22.2 Å². The van der Waals surface area contributed by atoms with Gasteiger partial charge in [0.05, 0.1) is 6.42 Å². The Morgan fingerprint density at radius 3 is 2.50 bits per heavy atom. The first-order valence-corrected chi connectivity index (χ1v) is 5.59. The zero-order chi connectivity index (χ0) is 11.9. The number of fused-ring (bicyclic) bond motifs is 1. The molecule has 4 nitrogen and oxygen atoms in total. The van der Waals surface area contributed by atoms with E-state index in [-0.39, 0.29) is 6.42 Å². The topological polar surface area (TPSA) is 55.8 Å². The minimum absolute atomic E-state index is 0.0440. The van der Waals surface area contributed by atoms with Crippen LogP contribution in [0, 0.1) is 0 Å². The van der Waals surface area contributed by atoms with Gasteiger partial charge in [-0.05, 0) is 17.7 Å². The van der Waals surface area contributed by atoms with E-state index in [0.29, 0.717) is 17.1 Å². The molecule has 1 aliphatic rings. The molecule has 16 heavy (non-hydrogen) atoms. The summed E-state index contributed by atoms with van der Waals surface area (Å²) in [6, 6.07) is 3.44. The van der Waals surface area contributed by atoms with Gasteiger partial charge >= 0.3 is 5.97 Å². The molecule has 0 aromatic heterocycles. The highest BCUT2D eigenvalue weighted by Crippen LogP contribution is 2.42. The van der Waals surface area contributed by atoms with Gasteiger partial charge in [0.15, 0.2) is 11.5 Å². The second-order valence-corrected chi connectivity index (χ2v) is 4.92. The van der Waals surface area contributed by atoms with Crippen LogP contribution in [0.5, 0.6) is 11.5 Å². The highest BCUT2D eigenvalue weighted by molar-refractivity contribution is 9.10. The van der Waals surface area contributed by atoms with E-state index in [9.17, 15) is 4.79 Å². The molecule has 0 aliphatic carbocycles. The van der Waals surface area contributed by atoms with Gasteiger partial charge in [-0.15, -0.1) is 0 Å². The Labute approximate surface area is 101 Å². The largest absolute Gasteiger partial charge is 0.481 e. The van der Waals surface area contributed by atoms with Gasteiger partial charge in [0, 0.05) is 18.3 Å². The molecule has 5 heteroatoms. The SMILES string of the molecule is CC1(C)Oc2cc(Br)c(CC(=O)O)cc2O1. The molecule has 0 fully saturated rings. The maximum absolute atomic E-state index is 10.7. The molecule has 1 aromatic rings. The Hall–Kier alpha value is -1.23. The first-order valence-electron chi connectivity index (χ1n) is 4.80. The van der Waals surface area contributed by atoms with E-state index in [1.54, 1.807) is 26.0 Å². The number of carbonyl (C=O) groups is 1. The molecule has 0 saturated heterocycles. The number of hydrogen-bond donors (Lipinski definition) is 1. The molecule has 0 bridgehead atoms. The summed E-state index contributed by atoms with van der Waals surface area (Å²) < 4.78 is 11.8. The van der Waals surface area contributed by atoms with E-state index in [2.05, 4.69) is 15.9 Å². The molecule has 2 rings (SSSR count). The number of halogens is 1. The molecule has 0 atom stereocenters. The van der Waals surface area contributed by atoms with Crippen LogP contribution >= 0.6 is 15.9 Å². The molecule has 0 amide bonds. The van der Waals surface area contributed by atoms with Crippen LogP contribution in [0.1, 0.15) is 19.4 Å². The molecular formula is C11H11BrO4. The van der Waals surface area contributed by atoms with Crippen molar-refractivity contribution in [1.29, 1.82) is 0 Å². The summed E-state index contributed by atoms with van der Waals surface area (Å²) in [4.78, 5) is 10.7. The van der Waals surface area contributed by atoms with Crippen LogP contribution < -0.4 is 9.47 Å². The monoisotopic (exact) mass is 286 g/mol. The van der Waals surface area contributed by atoms with Crippen molar-refractivity contribution in [2.24, 2.45) is 0 Å². The minimum atomic E-state index is -0.876. The van der Waals surface area contributed by atoms with E-state index in [1.807, 2.05) is 0 Å². The normalized spacial score (nSPS) is 16.2. The summed E-state index contributed by atoms with van der Waals surface area (Å²) in [6.45, 7) is 3.61. The smallest absolute Gasteiger partial charge is 0.307 e. The van der Waals surface area contributed by atoms with Gasteiger partial charge in [0.2, 0.25) is 5.79 Å². The zero-order valence-corrected chi connectivity index (χ0v) is 10.5. The fourth-order valence-electron chi connectivity index (χ4n) is 1.59. The van der Waals surface area contributed by atoms with Crippen LogP contribution in [-0.2, 0) is 11.2 Å². The Morgan fingerprint density at radius 1 is 1.38 bits per heavy atom. The maximum atomic E-state index is 10.7. The molecule has 1 N–H and O–H groups in total. The first-order chi connectivity index (χ1) is 7.37. The average molecular weight is 287 g/mol. The lowest BCUT2D eigenvalue weighted by Crippen LogP contribution is -2.29. The van der Waals surface area contributed by atoms with Crippen LogP contribution in [0.3, 0.4) is 0 Å². The number of aliphatic carboxylic acids is 1. The number of ether oxygens (including phenoxy) is 2. The van der Waals surface area contributed by atoms with E-state index in [0.717, 1.165) is 4.47 Å². The molecule has 86 valence electrons. The summed E-state index contributed by atoms with van der Waals surface area (Å²) in [5.74, 6) is -0.349. The van der Waals surface area contributed by atoms with Crippen LogP contribution in [0.25, 0.3) is 0 Å². The lowest BCUT2D eigenvalue weighted by atomic mass is 10.1. The van der Waals surface area contributed by atoms with Crippen molar-refractivity contribution in [1.82, 2.24) is 0 Å². The number of hydrogen-bond acceptors (Lipinski definition) is 3. The van der Waals surface area contributed by atoms with Gasteiger partial charge in [0.25, 0.3) is 0 Å². The zero-order valence-electron chi connectivity index (χ0n) is 8.91. The third-order valence-electron chi connectivity index (χ3n) is 2.17. The predicted molar refractivity (Wildman–Crippen MR) is 60.8 cm³/mol. The first kappa shape index (κ1) is 11.3. The van der Waals surface area contributed by atoms with Crippen molar-refractivity contribution in [3.63, 3.8) is 0 Å². The van der Waals surface area contributed by atoms with Crippen molar-refractivity contribution in [2.45, 2.75) is 26.1 Å². The number of rotatable bonds is 2. The van der Waals surface area contributed by atoms with Gasteiger partial charge in [-0.1, -0.05) is 15.9 Å². The number of carboxylic acids is 1. The van der Waals surface area contributed by atoms with E-state index in [1.165, 1.54) is 0 Å². The fourth-order valence-corrected chi connectivity index (χ4v) is 2.05. The lowest BCUT2D eigenvalue weighted by Gasteiger charge is -2.16. The Balaban J connectivity index is 2.37. The van der Waals surface area contributed by atoms with Gasteiger partial charge < -0.3 is 14.6 Å². The summed E-state index contributed by atoms with van der Waals surface area (Å²) in [5.41, 5.74) is 0.674. The van der Waals surface area contributed by atoms with Gasteiger partial charge in [-0.25, -0.2) is 0 Å². The van der Waals surface area contributed by atoms with E-state index < -0.39 is 11.8 Å². The molecule has 1 aromatic carbocycles. The molecular weight excluding hydrogens is 276 g/mol. The fraction of sp³-hybridized carbons (Fsp3) is 0.364. The van der Waals surface area contributed by atoms with E-state index >= 15 is 0 Å². The molecule has 1 heterocycles. The molecule has 0 spiro atoms. The lowest BCUT2D eigenvalue weighted by molar-refractivity contribution is -0.136. The van der Waals surface area contributed by atoms with Crippen molar-refractivity contribution in [3.8, 4) is 11.5 Å². The van der Waals surface area contributed by atoms with Crippen LogP contribution in [0.15, 0.2) is 16.6 Å². The minimum Gasteiger partial charge on any atom is -0.481 e. The maximum Gasteiger partial charge on any atom is 0.307 e. The summed E-state index contributed by atoms with van der Waals surface area (Å²) in [6.07, 6.45) is -0.0440. The van der Waals surface area contributed by atoms with Crippen LogP contribution in [0.4, 0.5) is 0 Å². The van der Waals surface area contributed by atoms with Gasteiger partial charge in [-0.2, -0.15) is 0 Å². The third kappa shape index (κ3) is 2.14. The highest BCUT2D eigenvalue weighted by Gasteiger charge is 2.32. The van der Waals surface area contributed by atoms with Gasteiger partial charge in [-0.3, -0.25) is 4.79 Å². The molecule has 0 radical (unpaired) electrons. The third-order valence-corrected chi connectivity index (χ3v) is 2.90. The molecule has 1 aliphatic heterocycles. The highest BCUT2D eigenvalue weighted by atomic mass is 79.9. The molecule has 0 saturated carbocycles. The van der Waals surface area contributed by atoms with Crippen LogP contribution in [0.2, 0.25) is 0 Å². The molecule has 0 unspecified atom stereocenters. The van der Waals surface area contributed by atoms with E-state index in [4.69, 9.17) is 14.6 Å². The van der Waals surface area contributed by atoms with Crippen molar-refractivity contribution >= 4 is 21.9 Å². The predicted octanol–water partition coefficient (Wildman–Crippen LogP) is 2.58. The van der Waals surface area contributed by atoms with Gasteiger partial charge in [0.1, 0.15) is 0 Å². The Kier molecular flexibility index (Phi) is 2.58. The van der Waals surface area contributed by atoms with Crippen molar-refractivity contribution < 1.29 is 19.4 Å². The van der Waals surface area contributed by atoms with Crippen molar-refractivity contribution in [2.75, 3.05) is 0 Å². The Morgan fingerprint density at radius 2 is 1.94 bits per heavy atom.